The summed E-state index contributed by atoms with van der Waals surface area (Å²) >= 11 is 0. The van der Waals surface area contributed by atoms with E-state index in [4.69, 9.17) is 14.8 Å². The molecule has 0 aliphatic carbocycles. The minimum atomic E-state index is -1.21. The molecule has 3 nitrogen and oxygen atoms in total. The SMILES string of the molecule is COC(C)(C)CCB(O)O. The summed E-state index contributed by atoms with van der Waals surface area (Å²) in [6.07, 6.45) is 1.02. The van der Waals surface area contributed by atoms with Crippen LogP contribution in [0, 0.1) is 0 Å². The fourth-order valence-corrected chi connectivity index (χ4v) is 0.579. The summed E-state index contributed by atoms with van der Waals surface area (Å²) in [5.41, 5.74) is -0.246. The molecule has 0 aliphatic rings. The predicted octanol–water partition coefficient (Wildman–Crippen LogP) is 0.274. The van der Waals surface area contributed by atoms with Gasteiger partial charge >= 0.3 is 7.12 Å². The summed E-state index contributed by atoms with van der Waals surface area (Å²) < 4.78 is 5.07. The van der Waals surface area contributed by atoms with Crippen LogP contribution < -0.4 is 0 Å². The van der Waals surface area contributed by atoms with Crippen molar-refractivity contribution < 1.29 is 14.8 Å². The summed E-state index contributed by atoms with van der Waals surface area (Å²) in [6, 6.07) is 0. The van der Waals surface area contributed by atoms with Gasteiger partial charge in [0, 0.05) is 7.11 Å². The first-order valence-electron chi connectivity index (χ1n) is 3.39. The van der Waals surface area contributed by atoms with Gasteiger partial charge in [-0.1, -0.05) is 0 Å². The molecule has 0 saturated heterocycles. The van der Waals surface area contributed by atoms with E-state index in [1.54, 1.807) is 7.11 Å². The van der Waals surface area contributed by atoms with Crippen LogP contribution in [-0.4, -0.2) is 29.9 Å². The molecule has 0 fully saturated rings. The largest absolute Gasteiger partial charge is 0.451 e. The van der Waals surface area contributed by atoms with Crippen molar-refractivity contribution in [1.29, 1.82) is 0 Å². The lowest BCUT2D eigenvalue weighted by atomic mass is 9.80. The van der Waals surface area contributed by atoms with E-state index in [2.05, 4.69) is 0 Å². The van der Waals surface area contributed by atoms with Gasteiger partial charge in [0.2, 0.25) is 0 Å². The molecule has 0 atom stereocenters. The molecule has 0 heterocycles. The average molecular weight is 146 g/mol. The van der Waals surface area contributed by atoms with Gasteiger partial charge in [0.05, 0.1) is 5.60 Å². The van der Waals surface area contributed by atoms with Gasteiger partial charge < -0.3 is 14.8 Å². The second-order valence-electron chi connectivity index (χ2n) is 2.98. The van der Waals surface area contributed by atoms with E-state index in [0.717, 1.165) is 0 Å². The third kappa shape index (κ3) is 4.79. The normalized spacial score (nSPS) is 11.7. The van der Waals surface area contributed by atoms with Gasteiger partial charge in [0.25, 0.3) is 0 Å². The van der Waals surface area contributed by atoms with Crippen molar-refractivity contribution in [2.45, 2.75) is 32.2 Å². The maximum Gasteiger partial charge on any atom is 0.451 e. The van der Waals surface area contributed by atoms with Crippen LogP contribution in [0.3, 0.4) is 0 Å². The zero-order chi connectivity index (χ0) is 8.20. The molecule has 0 aliphatic heterocycles. The summed E-state index contributed by atoms with van der Waals surface area (Å²) in [5.74, 6) is 0. The van der Waals surface area contributed by atoms with Crippen molar-refractivity contribution in [3.63, 3.8) is 0 Å². The van der Waals surface area contributed by atoms with E-state index in [1.165, 1.54) is 0 Å². The quantitative estimate of drug-likeness (QED) is 0.559. The summed E-state index contributed by atoms with van der Waals surface area (Å²) in [4.78, 5) is 0. The molecule has 0 rings (SSSR count). The number of rotatable bonds is 4. The molecule has 4 heteroatoms. The standard InChI is InChI=1S/C6H15BO3/c1-6(2,10-3)4-5-7(8)9/h8-9H,4-5H2,1-3H3. The fraction of sp³-hybridized carbons (Fsp3) is 1.00. The molecule has 2 N–H and O–H groups in total. The highest BCUT2D eigenvalue weighted by atomic mass is 16.5. The smallest absolute Gasteiger partial charge is 0.427 e. The van der Waals surface area contributed by atoms with Crippen LogP contribution in [0.15, 0.2) is 0 Å². The molecule has 0 bridgehead atoms. The Bertz CT molecular complexity index is 93.0. The first kappa shape index (κ1) is 9.94. The second-order valence-corrected chi connectivity index (χ2v) is 2.98. The Kier molecular flexibility index (Phi) is 3.94. The number of ether oxygens (including phenoxy) is 1. The van der Waals surface area contributed by atoms with Gasteiger partial charge in [-0.25, -0.2) is 0 Å². The molecule has 0 spiro atoms. The lowest BCUT2D eigenvalue weighted by Crippen LogP contribution is -2.25. The van der Waals surface area contributed by atoms with Crippen molar-refractivity contribution >= 4 is 7.12 Å². The molecule has 0 aromatic rings. The third-order valence-corrected chi connectivity index (χ3v) is 1.56. The Labute approximate surface area is 62.2 Å². The monoisotopic (exact) mass is 146 g/mol. The molecule has 60 valence electrons. The van der Waals surface area contributed by atoms with Crippen LogP contribution in [0.2, 0.25) is 6.32 Å². The molecule has 0 radical (unpaired) electrons. The molecule has 10 heavy (non-hydrogen) atoms. The number of methoxy groups -OCH3 is 1. The van der Waals surface area contributed by atoms with Crippen molar-refractivity contribution in [2.24, 2.45) is 0 Å². The van der Waals surface area contributed by atoms with Crippen molar-refractivity contribution in [3.8, 4) is 0 Å². The molecule has 0 aromatic heterocycles. The van der Waals surface area contributed by atoms with Gasteiger partial charge in [0.15, 0.2) is 0 Å². The van der Waals surface area contributed by atoms with Gasteiger partial charge in [0.1, 0.15) is 0 Å². The van der Waals surface area contributed by atoms with E-state index >= 15 is 0 Å². The summed E-state index contributed by atoms with van der Waals surface area (Å²) in [5, 5.41) is 17.0. The Morgan fingerprint density at radius 2 is 1.90 bits per heavy atom. The maximum absolute atomic E-state index is 8.51. The van der Waals surface area contributed by atoms with Crippen LogP contribution >= 0.6 is 0 Å². The lowest BCUT2D eigenvalue weighted by molar-refractivity contribution is 0.0184. The predicted molar refractivity (Wildman–Crippen MR) is 40.7 cm³/mol. The molecular formula is C6H15BO3. The van der Waals surface area contributed by atoms with Crippen LogP contribution in [0.5, 0.6) is 0 Å². The minimum absolute atomic E-state index is 0.246. The lowest BCUT2D eigenvalue weighted by Gasteiger charge is -2.22. The molecule has 0 amide bonds. The van der Waals surface area contributed by atoms with Crippen LogP contribution in [0.4, 0.5) is 0 Å². The topological polar surface area (TPSA) is 49.7 Å². The minimum Gasteiger partial charge on any atom is -0.427 e. The van der Waals surface area contributed by atoms with Gasteiger partial charge in [-0.3, -0.25) is 0 Å². The van der Waals surface area contributed by atoms with E-state index in [-0.39, 0.29) is 5.60 Å². The Morgan fingerprint density at radius 3 is 2.20 bits per heavy atom. The van der Waals surface area contributed by atoms with Crippen LogP contribution in [-0.2, 0) is 4.74 Å². The zero-order valence-electron chi connectivity index (χ0n) is 6.79. The van der Waals surface area contributed by atoms with Crippen LogP contribution in [0.25, 0.3) is 0 Å². The first-order chi connectivity index (χ1) is 4.48. The average Bonchev–Trinajstić information content (AvgIpc) is 1.85. The van der Waals surface area contributed by atoms with Crippen molar-refractivity contribution in [2.75, 3.05) is 7.11 Å². The van der Waals surface area contributed by atoms with Crippen molar-refractivity contribution in [1.82, 2.24) is 0 Å². The Morgan fingerprint density at radius 1 is 1.40 bits per heavy atom. The van der Waals surface area contributed by atoms with E-state index in [1.807, 2.05) is 13.8 Å². The Balaban J connectivity index is 3.46. The van der Waals surface area contributed by atoms with Gasteiger partial charge in [-0.05, 0) is 26.6 Å². The molecule has 0 aromatic carbocycles. The van der Waals surface area contributed by atoms with E-state index < -0.39 is 7.12 Å². The van der Waals surface area contributed by atoms with E-state index in [0.29, 0.717) is 12.7 Å². The molecule has 0 saturated carbocycles. The second kappa shape index (κ2) is 3.96. The maximum atomic E-state index is 8.51. The highest BCUT2D eigenvalue weighted by Gasteiger charge is 2.19. The first-order valence-corrected chi connectivity index (χ1v) is 3.39. The zero-order valence-corrected chi connectivity index (χ0v) is 6.79. The molecule has 0 unspecified atom stereocenters. The highest BCUT2D eigenvalue weighted by Crippen LogP contribution is 2.15. The summed E-state index contributed by atoms with van der Waals surface area (Å²) in [6.45, 7) is 3.82. The van der Waals surface area contributed by atoms with Gasteiger partial charge in [-0.15, -0.1) is 0 Å². The van der Waals surface area contributed by atoms with Crippen LogP contribution in [0.1, 0.15) is 20.3 Å². The number of hydrogen-bond acceptors (Lipinski definition) is 3. The molecular weight excluding hydrogens is 131 g/mol. The van der Waals surface area contributed by atoms with E-state index in [9.17, 15) is 0 Å². The van der Waals surface area contributed by atoms with Crippen molar-refractivity contribution in [3.05, 3.63) is 0 Å². The highest BCUT2D eigenvalue weighted by molar-refractivity contribution is 6.40. The fourth-order valence-electron chi connectivity index (χ4n) is 0.579. The summed E-state index contributed by atoms with van der Waals surface area (Å²) in [7, 11) is 0.401. The third-order valence-electron chi connectivity index (χ3n) is 1.56. The van der Waals surface area contributed by atoms with Gasteiger partial charge in [-0.2, -0.15) is 0 Å². The Hall–Kier alpha value is -0.0551. The number of hydrogen-bond donors (Lipinski definition) is 2.